The molecule has 42 heavy (non-hydrogen) atoms. The normalized spacial score (nSPS) is 44.5. The molecule has 6 bridgehead atoms. The van der Waals surface area contributed by atoms with Crippen LogP contribution in [0.5, 0.6) is 0 Å². The van der Waals surface area contributed by atoms with E-state index in [1.165, 1.54) is 12.1 Å². The maximum absolute atomic E-state index is 13.0. The first kappa shape index (κ1) is 27.9. The van der Waals surface area contributed by atoms with E-state index >= 15 is 0 Å². The van der Waals surface area contributed by atoms with Gasteiger partial charge >= 0.3 is 11.9 Å². The first-order valence-corrected chi connectivity index (χ1v) is 13.9. The minimum Gasteiger partial charge on any atom is -0.461 e. The number of hydrogen-bond acceptors (Lipinski definition) is 12. The van der Waals surface area contributed by atoms with Crippen molar-refractivity contribution in [3.05, 3.63) is 71.8 Å². The molecule has 4 heterocycles. The lowest BCUT2D eigenvalue weighted by Gasteiger charge is -2.67. The van der Waals surface area contributed by atoms with Crippen LogP contribution in [0.25, 0.3) is 0 Å². The first-order valence-electron chi connectivity index (χ1n) is 13.9. The minimum absolute atomic E-state index is 0.0470. The molecule has 12 nitrogen and oxygen atoms in total. The van der Waals surface area contributed by atoms with Crippen molar-refractivity contribution in [3.8, 4) is 0 Å². The summed E-state index contributed by atoms with van der Waals surface area (Å²) in [6.07, 6.45) is -8.19. The largest absolute Gasteiger partial charge is 0.461 e. The lowest BCUT2D eigenvalue weighted by Crippen LogP contribution is -2.81. The van der Waals surface area contributed by atoms with Crippen LogP contribution in [0.1, 0.15) is 40.5 Å². The van der Waals surface area contributed by atoms with E-state index in [9.17, 15) is 30.0 Å². The maximum atomic E-state index is 13.0. The van der Waals surface area contributed by atoms with E-state index in [2.05, 4.69) is 0 Å². The van der Waals surface area contributed by atoms with Gasteiger partial charge in [0.15, 0.2) is 24.5 Å². The summed E-state index contributed by atoms with van der Waals surface area (Å²) in [6.45, 7) is 0.891. The fourth-order valence-electron chi connectivity index (χ4n) is 7.75. The zero-order valence-electron chi connectivity index (χ0n) is 22.7. The fraction of sp³-hybridized carbons (Fsp3) is 0.533. The molecule has 4 N–H and O–H groups in total. The Balaban J connectivity index is 1.21. The summed E-state index contributed by atoms with van der Waals surface area (Å²) in [4.78, 5) is 26.0. The standard InChI is InChI=1S/C30H32O12/c1-27-14-29(36)19-12-30(27,28(19,26(41-27)42-29)15-37-23(34)16-8-4-2-5-9-16)40-25-22(21(33)20(32)18(13-31)38-25)39-24(35)17-10-6-3-7-11-17/h2-11,18-22,25-26,31-33,36H,12-15H2,1H3/t18-,19-,20-,21+,22-,25+,26-,27+,28+,29-,30+/m1/s1. The molecule has 0 amide bonds. The Labute approximate surface area is 240 Å². The maximum Gasteiger partial charge on any atom is 0.338 e. The van der Waals surface area contributed by atoms with E-state index in [4.69, 9.17) is 28.4 Å². The average Bonchev–Trinajstić information content (AvgIpc) is 3.18. The molecule has 7 fully saturated rings. The zero-order valence-corrected chi connectivity index (χ0v) is 22.7. The second-order valence-corrected chi connectivity index (χ2v) is 11.9. The Morgan fingerprint density at radius 1 is 0.952 bits per heavy atom. The second-order valence-electron chi connectivity index (χ2n) is 11.9. The highest BCUT2D eigenvalue weighted by Crippen LogP contribution is 2.81. The van der Waals surface area contributed by atoms with Gasteiger partial charge in [0.1, 0.15) is 36.1 Å². The Bertz CT molecular complexity index is 1370. The van der Waals surface area contributed by atoms with Crippen molar-refractivity contribution in [2.45, 2.75) is 73.8 Å². The number of carbonyl (C=O) groups is 2. The van der Waals surface area contributed by atoms with Gasteiger partial charge in [0.2, 0.25) is 0 Å². The van der Waals surface area contributed by atoms with Gasteiger partial charge in [-0.2, -0.15) is 0 Å². The van der Waals surface area contributed by atoms with E-state index in [1.54, 1.807) is 55.5 Å². The first-order chi connectivity index (χ1) is 20.1. The molecule has 2 aromatic rings. The van der Waals surface area contributed by atoms with Crippen LogP contribution in [0.3, 0.4) is 0 Å². The number of hydrogen-bond donors (Lipinski definition) is 4. The number of aliphatic hydroxyl groups excluding tert-OH is 3. The molecule has 2 aromatic carbocycles. The molecule has 4 aliphatic heterocycles. The Morgan fingerprint density at radius 3 is 2.24 bits per heavy atom. The van der Waals surface area contributed by atoms with Crippen LogP contribution in [-0.2, 0) is 28.4 Å². The van der Waals surface area contributed by atoms with Crippen molar-refractivity contribution in [1.82, 2.24) is 0 Å². The summed E-state index contributed by atoms with van der Waals surface area (Å²) in [5, 5.41) is 43.0. The van der Waals surface area contributed by atoms with Crippen molar-refractivity contribution >= 4 is 11.9 Å². The quantitative estimate of drug-likeness (QED) is 0.318. The van der Waals surface area contributed by atoms with Crippen LogP contribution in [0.2, 0.25) is 0 Å². The lowest BCUT2D eigenvalue weighted by atomic mass is 9.41. The highest BCUT2D eigenvalue weighted by atomic mass is 16.8. The minimum atomic E-state index is -1.67. The van der Waals surface area contributed by atoms with Crippen molar-refractivity contribution in [1.29, 1.82) is 0 Å². The molecule has 3 aliphatic carbocycles. The summed E-state index contributed by atoms with van der Waals surface area (Å²) in [5.41, 5.74) is -3.04. The van der Waals surface area contributed by atoms with Crippen LogP contribution in [0, 0.1) is 11.3 Å². The molecule has 0 aromatic heterocycles. The van der Waals surface area contributed by atoms with Gasteiger partial charge in [-0.25, -0.2) is 9.59 Å². The van der Waals surface area contributed by atoms with Crippen molar-refractivity contribution in [2.75, 3.05) is 13.2 Å². The van der Waals surface area contributed by atoms with Gasteiger partial charge in [0.05, 0.1) is 23.1 Å². The molecule has 11 atom stereocenters. The average molecular weight is 585 g/mol. The molecule has 12 heteroatoms. The van der Waals surface area contributed by atoms with Crippen molar-refractivity contribution in [2.24, 2.45) is 11.3 Å². The number of aliphatic hydroxyl groups is 4. The fourth-order valence-corrected chi connectivity index (χ4v) is 7.75. The molecular weight excluding hydrogens is 552 g/mol. The van der Waals surface area contributed by atoms with Gasteiger partial charge < -0.3 is 48.8 Å². The summed E-state index contributed by atoms with van der Waals surface area (Å²) < 4.78 is 36.3. The van der Waals surface area contributed by atoms with Crippen LogP contribution in [-0.4, -0.2) is 99.6 Å². The van der Waals surface area contributed by atoms with Gasteiger partial charge in [-0.1, -0.05) is 36.4 Å². The van der Waals surface area contributed by atoms with Crippen molar-refractivity contribution in [3.63, 3.8) is 0 Å². The lowest BCUT2D eigenvalue weighted by molar-refractivity contribution is -0.423. The second kappa shape index (κ2) is 9.53. The molecule has 224 valence electrons. The predicted octanol–water partition coefficient (Wildman–Crippen LogP) is 0.507. The summed E-state index contributed by atoms with van der Waals surface area (Å²) in [5.74, 6) is -3.41. The molecule has 3 saturated carbocycles. The van der Waals surface area contributed by atoms with Crippen LogP contribution >= 0.6 is 0 Å². The molecule has 9 rings (SSSR count). The zero-order chi connectivity index (χ0) is 29.5. The smallest absolute Gasteiger partial charge is 0.338 e. The molecule has 0 unspecified atom stereocenters. The molecule has 4 saturated heterocycles. The number of rotatable bonds is 8. The molecular formula is C30H32O12. The monoisotopic (exact) mass is 584 g/mol. The number of esters is 2. The van der Waals surface area contributed by atoms with Gasteiger partial charge in [0.25, 0.3) is 0 Å². The highest BCUT2D eigenvalue weighted by molar-refractivity contribution is 5.89. The van der Waals surface area contributed by atoms with Crippen molar-refractivity contribution < 1.29 is 58.4 Å². The molecule has 7 aliphatic rings. The number of carbonyl (C=O) groups excluding carboxylic acids is 2. The Kier molecular flexibility index (Phi) is 6.32. The summed E-state index contributed by atoms with van der Waals surface area (Å²) in [7, 11) is 0. The number of benzene rings is 2. The van der Waals surface area contributed by atoms with Crippen LogP contribution in [0.4, 0.5) is 0 Å². The number of ether oxygens (including phenoxy) is 6. The summed E-state index contributed by atoms with van der Waals surface area (Å²) >= 11 is 0. The van der Waals surface area contributed by atoms with E-state index in [1.807, 2.05) is 0 Å². The van der Waals surface area contributed by atoms with Gasteiger partial charge in [0, 0.05) is 12.3 Å². The van der Waals surface area contributed by atoms with E-state index in [-0.39, 0.29) is 25.0 Å². The Morgan fingerprint density at radius 2 is 1.60 bits per heavy atom. The van der Waals surface area contributed by atoms with Crippen LogP contribution < -0.4 is 0 Å². The topological polar surface area (TPSA) is 170 Å². The molecule has 0 spiro atoms. The van der Waals surface area contributed by atoms with E-state index < -0.39 is 83.9 Å². The van der Waals surface area contributed by atoms with E-state index in [0.29, 0.717) is 5.56 Å². The third-order valence-electron chi connectivity index (χ3n) is 9.80. The summed E-state index contributed by atoms with van der Waals surface area (Å²) in [6, 6.07) is 16.5. The third kappa shape index (κ3) is 3.64. The predicted molar refractivity (Wildman–Crippen MR) is 138 cm³/mol. The van der Waals surface area contributed by atoms with Gasteiger partial charge in [-0.3, -0.25) is 0 Å². The SMILES string of the molecule is C[C@@]12C[C@@]3(O)O[C@@H](O1)[C@]1(COC(=O)c4ccccc4)[C@H]3C[C@@]12O[C@@H]1O[C@H](CO)[C@@H](O)[C@H](O)[C@H]1OC(=O)c1ccccc1. The Hall–Kier alpha value is -2.94. The third-order valence-corrected chi connectivity index (χ3v) is 9.80. The van der Waals surface area contributed by atoms with Crippen LogP contribution in [0.15, 0.2) is 60.7 Å². The molecule has 0 radical (unpaired) electrons. The highest BCUT2D eigenvalue weighted by Gasteiger charge is 2.94. The van der Waals surface area contributed by atoms with Gasteiger partial charge in [-0.05, 0) is 37.6 Å². The van der Waals surface area contributed by atoms with E-state index in [0.717, 1.165) is 0 Å². The van der Waals surface area contributed by atoms with Gasteiger partial charge in [-0.15, -0.1) is 0 Å².